The number of halogens is 1. The minimum atomic E-state index is 0.795. The first-order valence-corrected chi connectivity index (χ1v) is 5.93. The number of hydrogen-bond acceptors (Lipinski definition) is 2. The molecule has 2 N–H and O–H groups in total. The Labute approximate surface area is 92.8 Å². The lowest BCUT2D eigenvalue weighted by molar-refractivity contribution is -0.441. The maximum absolute atomic E-state index is 5.80. The summed E-state index contributed by atoms with van der Waals surface area (Å²) in [6.45, 7) is 2.06. The molecule has 1 aliphatic heterocycles. The normalized spacial score (nSPS) is 15.1. The lowest BCUT2D eigenvalue weighted by atomic mass is 10.2. The van der Waals surface area contributed by atoms with Crippen LogP contribution in [0.2, 0.25) is 5.02 Å². The zero-order valence-corrected chi connectivity index (χ0v) is 9.29. The van der Waals surface area contributed by atoms with E-state index in [1.807, 2.05) is 12.1 Å². The lowest BCUT2D eigenvalue weighted by Crippen LogP contribution is -2.69. The van der Waals surface area contributed by atoms with Crippen LogP contribution in [0.5, 0.6) is 0 Å². The van der Waals surface area contributed by atoms with Crippen molar-refractivity contribution < 1.29 is 4.99 Å². The van der Waals surface area contributed by atoms with Crippen LogP contribution in [0.25, 0.3) is 0 Å². The second-order valence-electron chi connectivity index (χ2n) is 3.10. The summed E-state index contributed by atoms with van der Waals surface area (Å²) in [6.07, 6.45) is 0. The van der Waals surface area contributed by atoms with E-state index in [4.69, 9.17) is 11.6 Å². The molecular formula is C10H12ClN2S+. The van der Waals surface area contributed by atoms with Crippen molar-refractivity contribution in [2.75, 3.05) is 13.1 Å². The van der Waals surface area contributed by atoms with Gasteiger partial charge in [-0.05, 0) is 29.5 Å². The summed E-state index contributed by atoms with van der Waals surface area (Å²) in [5.41, 5.74) is 1.29. The zero-order chi connectivity index (χ0) is 9.80. The van der Waals surface area contributed by atoms with Crippen molar-refractivity contribution in [1.29, 1.82) is 0 Å². The van der Waals surface area contributed by atoms with Gasteiger partial charge >= 0.3 is 5.17 Å². The van der Waals surface area contributed by atoms with E-state index in [-0.39, 0.29) is 0 Å². The summed E-state index contributed by atoms with van der Waals surface area (Å²) in [4.78, 5) is 3.28. The van der Waals surface area contributed by atoms with Crippen molar-refractivity contribution in [3.8, 4) is 0 Å². The molecule has 0 aromatic heterocycles. The molecule has 4 heteroatoms. The van der Waals surface area contributed by atoms with Crippen LogP contribution < -0.4 is 10.3 Å². The van der Waals surface area contributed by atoms with E-state index in [0.29, 0.717) is 0 Å². The van der Waals surface area contributed by atoms with Gasteiger partial charge in [0.15, 0.2) is 0 Å². The van der Waals surface area contributed by atoms with Crippen molar-refractivity contribution in [2.24, 2.45) is 0 Å². The predicted octanol–water partition coefficient (Wildman–Crippen LogP) is 0.613. The van der Waals surface area contributed by atoms with Crippen LogP contribution in [0.15, 0.2) is 24.3 Å². The Hall–Kier alpha value is -0.670. The van der Waals surface area contributed by atoms with Gasteiger partial charge in [0.05, 0.1) is 0 Å². The van der Waals surface area contributed by atoms with Crippen molar-refractivity contribution in [3.63, 3.8) is 0 Å². The third-order valence-electron chi connectivity index (χ3n) is 1.99. The molecule has 0 bridgehead atoms. The smallest absolute Gasteiger partial charge is 0.265 e. The minimum Gasteiger partial charge on any atom is -0.265 e. The number of amidine groups is 1. The molecular weight excluding hydrogens is 216 g/mol. The molecule has 2 rings (SSSR count). The maximum atomic E-state index is 5.80. The van der Waals surface area contributed by atoms with E-state index < -0.39 is 0 Å². The van der Waals surface area contributed by atoms with Gasteiger partial charge in [0.25, 0.3) is 0 Å². The van der Waals surface area contributed by atoms with Gasteiger partial charge in [0.2, 0.25) is 0 Å². The van der Waals surface area contributed by atoms with Gasteiger partial charge in [-0.2, -0.15) is 0 Å². The highest BCUT2D eigenvalue weighted by atomic mass is 35.5. The molecule has 0 saturated heterocycles. The van der Waals surface area contributed by atoms with E-state index >= 15 is 0 Å². The van der Waals surface area contributed by atoms with Crippen LogP contribution in [0.3, 0.4) is 0 Å². The Morgan fingerprint density at radius 1 is 1.36 bits per heavy atom. The molecule has 14 heavy (non-hydrogen) atoms. The van der Waals surface area contributed by atoms with Crippen LogP contribution in [0.4, 0.5) is 0 Å². The van der Waals surface area contributed by atoms with Gasteiger partial charge in [0.1, 0.15) is 13.1 Å². The summed E-state index contributed by atoms with van der Waals surface area (Å²) in [7, 11) is 0. The molecule has 2 nitrogen and oxygen atoms in total. The summed E-state index contributed by atoms with van der Waals surface area (Å²) >= 11 is 7.60. The van der Waals surface area contributed by atoms with Gasteiger partial charge in [-0.1, -0.05) is 23.7 Å². The Morgan fingerprint density at radius 3 is 2.79 bits per heavy atom. The molecule has 0 saturated carbocycles. The highest BCUT2D eigenvalue weighted by Crippen LogP contribution is 2.14. The van der Waals surface area contributed by atoms with Crippen LogP contribution >= 0.6 is 23.4 Å². The molecule has 0 atom stereocenters. The first kappa shape index (κ1) is 9.87. The summed E-state index contributed by atoms with van der Waals surface area (Å²) in [5.74, 6) is 0.979. The molecule has 0 amide bonds. The number of thioether (sulfide) groups is 1. The van der Waals surface area contributed by atoms with E-state index in [9.17, 15) is 0 Å². The van der Waals surface area contributed by atoms with E-state index in [2.05, 4.69) is 22.4 Å². The van der Waals surface area contributed by atoms with Crippen molar-refractivity contribution in [1.82, 2.24) is 5.32 Å². The van der Waals surface area contributed by atoms with Crippen LogP contribution in [-0.2, 0) is 5.75 Å². The average molecular weight is 228 g/mol. The van der Waals surface area contributed by atoms with Gasteiger partial charge in [-0.3, -0.25) is 10.3 Å². The number of benzene rings is 1. The fourth-order valence-electron chi connectivity index (χ4n) is 1.25. The summed E-state index contributed by atoms with van der Waals surface area (Å²) in [5, 5.41) is 5.26. The fraction of sp³-hybridized carbons (Fsp3) is 0.300. The van der Waals surface area contributed by atoms with Crippen molar-refractivity contribution in [2.45, 2.75) is 5.75 Å². The molecule has 74 valence electrons. The zero-order valence-electron chi connectivity index (χ0n) is 7.72. The van der Waals surface area contributed by atoms with E-state index in [1.54, 1.807) is 11.8 Å². The third-order valence-corrected chi connectivity index (χ3v) is 3.30. The maximum Gasteiger partial charge on any atom is 0.304 e. The van der Waals surface area contributed by atoms with Crippen LogP contribution in [-0.4, -0.2) is 18.3 Å². The number of nitrogens with one attached hydrogen (secondary N) is 2. The lowest BCUT2D eigenvalue weighted by Gasteiger charge is -1.98. The molecule has 0 unspecified atom stereocenters. The molecule has 1 aliphatic rings. The van der Waals surface area contributed by atoms with E-state index in [0.717, 1.165) is 23.9 Å². The highest BCUT2D eigenvalue weighted by Gasteiger charge is 2.12. The van der Waals surface area contributed by atoms with Gasteiger partial charge in [-0.15, -0.1) is 0 Å². The summed E-state index contributed by atoms with van der Waals surface area (Å²) < 4.78 is 0. The fourth-order valence-corrected chi connectivity index (χ4v) is 2.29. The van der Waals surface area contributed by atoms with Gasteiger partial charge in [0, 0.05) is 10.8 Å². The molecule has 0 fully saturated rings. The van der Waals surface area contributed by atoms with Crippen molar-refractivity contribution >= 4 is 28.5 Å². The second kappa shape index (κ2) is 4.71. The number of rotatable bonds is 2. The Balaban J connectivity index is 1.88. The monoisotopic (exact) mass is 227 g/mol. The summed E-state index contributed by atoms with van der Waals surface area (Å²) in [6, 6.07) is 7.98. The largest absolute Gasteiger partial charge is 0.304 e. The minimum absolute atomic E-state index is 0.795. The Morgan fingerprint density at radius 2 is 2.14 bits per heavy atom. The Bertz CT molecular complexity index is 334. The first-order chi connectivity index (χ1) is 6.84. The van der Waals surface area contributed by atoms with Gasteiger partial charge in [-0.25, -0.2) is 0 Å². The second-order valence-corrected chi connectivity index (χ2v) is 4.52. The first-order valence-electron chi connectivity index (χ1n) is 4.56. The predicted molar refractivity (Wildman–Crippen MR) is 61.6 cm³/mol. The standard InChI is InChI=1S/C10H11ClN2S/c11-9-3-1-8(2-4-9)7-14-10-12-5-6-13-10/h1-4H,5-7H2,(H,12,13)/p+1. The van der Waals surface area contributed by atoms with Crippen LogP contribution in [0, 0.1) is 0 Å². The molecule has 1 aromatic carbocycles. The third kappa shape index (κ3) is 2.66. The molecule has 0 aliphatic carbocycles. The van der Waals surface area contributed by atoms with Gasteiger partial charge < -0.3 is 0 Å². The SMILES string of the molecule is Clc1ccc(CSC2=[NH+]CCN2)cc1. The molecule has 0 radical (unpaired) electrons. The molecule has 1 aromatic rings. The van der Waals surface area contributed by atoms with Crippen molar-refractivity contribution in [3.05, 3.63) is 34.9 Å². The Kier molecular flexibility index (Phi) is 3.32. The topological polar surface area (TPSA) is 26.0 Å². The number of hydrogen-bond donors (Lipinski definition) is 2. The highest BCUT2D eigenvalue weighted by molar-refractivity contribution is 8.12. The average Bonchev–Trinajstić information content (AvgIpc) is 2.70. The van der Waals surface area contributed by atoms with Crippen LogP contribution in [0.1, 0.15) is 5.56 Å². The van der Waals surface area contributed by atoms with E-state index in [1.165, 1.54) is 10.7 Å². The molecule has 0 spiro atoms. The molecule has 1 heterocycles. The quantitative estimate of drug-likeness (QED) is 0.775.